The first-order chi connectivity index (χ1) is 9.50. The summed E-state index contributed by atoms with van der Waals surface area (Å²) in [5, 5.41) is 23.0. The Balaban J connectivity index is 2.39. The molecule has 2 aromatic carbocycles. The summed E-state index contributed by atoms with van der Waals surface area (Å²) in [4.78, 5) is 22.0. The number of carbonyl (C=O) groups is 1. The van der Waals surface area contributed by atoms with Crippen molar-refractivity contribution >= 4 is 28.9 Å². The van der Waals surface area contributed by atoms with Crippen molar-refractivity contribution in [2.75, 3.05) is 5.32 Å². The van der Waals surface area contributed by atoms with Crippen molar-refractivity contribution in [3.8, 4) is 5.75 Å². The van der Waals surface area contributed by atoms with Gasteiger partial charge in [0.25, 0.3) is 5.91 Å². The van der Waals surface area contributed by atoms with Crippen LogP contribution in [0.4, 0.5) is 11.4 Å². The van der Waals surface area contributed by atoms with Gasteiger partial charge in [-0.1, -0.05) is 29.8 Å². The lowest BCUT2D eigenvalue weighted by Gasteiger charge is -2.08. The van der Waals surface area contributed by atoms with Gasteiger partial charge in [-0.3, -0.25) is 14.9 Å². The third-order valence-corrected chi connectivity index (χ3v) is 2.88. The maximum atomic E-state index is 12.1. The highest BCUT2D eigenvalue weighted by Crippen LogP contribution is 2.35. The molecule has 0 unspecified atom stereocenters. The van der Waals surface area contributed by atoms with Gasteiger partial charge in [0.1, 0.15) is 5.56 Å². The molecule has 0 atom stereocenters. The number of halogens is 1. The number of hydrogen-bond donors (Lipinski definition) is 2. The molecule has 0 aliphatic heterocycles. The van der Waals surface area contributed by atoms with Crippen LogP contribution in [-0.4, -0.2) is 15.9 Å². The Morgan fingerprint density at radius 3 is 2.45 bits per heavy atom. The standard InChI is InChI=1S/C13H9ClN2O4/c14-9-6-7-10(16(19)20)12(17)11(9)13(18)15-8-4-2-1-3-5-8/h1-7,17H,(H,15,18). The Morgan fingerprint density at radius 2 is 1.85 bits per heavy atom. The van der Waals surface area contributed by atoms with E-state index in [-0.39, 0.29) is 10.6 Å². The minimum absolute atomic E-state index is 0.0680. The summed E-state index contributed by atoms with van der Waals surface area (Å²) in [6.07, 6.45) is 0. The average Bonchev–Trinajstić information content (AvgIpc) is 2.39. The lowest BCUT2D eigenvalue weighted by atomic mass is 10.1. The number of para-hydroxylation sites is 1. The van der Waals surface area contributed by atoms with Gasteiger partial charge in [0, 0.05) is 11.8 Å². The number of hydrogen-bond acceptors (Lipinski definition) is 4. The van der Waals surface area contributed by atoms with Gasteiger partial charge in [-0.2, -0.15) is 0 Å². The first-order valence-corrected chi connectivity index (χ1v) is 5.90. The highest BCUT2D eigenvalue weighted by molar-refractivity contribution is 6.35. The van der Waals surface area contributed by atoms with Crippen LogP contribution in [0.1, 0.15) is 10.4 Å². The summed E-state index contributed by atoms with van der Waals surface area (Å²) < 4.78 is 0. The van der Waals surface area contributed by atoms with E-state index in [0.717, 1.165) is 6.07 Å². The summed E-state index contributed by atoms with van der Waals surface area (Å²) in [5.74, 6) is -1.47. The number of phenols is 1. The molecule has 7 heteroatoms. The number of nitrogens with one attached hydrogen (secondary N) is 1. The van der Waals surface area contributed by atoms with Gasteiger partial charge >= 0.3 is 5.69 Å². The molecule has 0 fully saturated rings. The van der Waals surface area contributed by atoms with E-state index in [1.165, 1.54) is 6.07 Å². The van der Waals surface area contributed by atoms with Crippen molar-refractivity contribution in [1.82, 2.24) is 0 Å². The lowest BCUT2D eigenvalue weighted by molar-refractivity contribution is -0.385. The van der Waals surface area contributed by atoms with Crippen LogP contribution in [0.25, 0.3) is 0 Å². The molecule has 102 valence electrons. The zero-order valence-corrected chi connectivity index (χ0v) is 10.8. The number of anilines is 1. The molecule has 0 aliphatic carbocycles. The molecule has 0 spiro atoms. The number of nitro benzene ring substituents is 1. The Labute approximate surface area is 118 Å². The number of aromatic hydroxyl groups is 1. The minimum Gasteiger partial charge on any atom is -0.501 e. The number of carbonyl (C=O) groups excluding carboxylic acids is 1. The van der Waals surface area contributed by atoms with E-state index in [4.69, 9.17) is 11.6 Å². The fourth-order valence-electron chi connectivity index (χ4n) is 1.63. The highest BCUT2D eigenvalue weighted by Gasteiger charge is 2.24. The molecular weight excluding hydrogens is 284 g/mol. The summed E-state index contributed by atoms with van der Waals surface area (Å²) in [7, 11) is 0. The summed E-state index contributed by atoms with van der Waals surface area (Å²) in [6.45, 7) is 0. The molecule has 0 aromatic heterocycles. The molecule has 6 nitrogen and oxygen atoms in total. The van der Waals surface area contributed by atoms with Crippen LogP contribution in [0.2, 0.25) is 5.02 Å². The van der Waals surface area contributed by atoms with Crippen molar-refractivity contribution in [3.63, 3.8) is 0 Å². The smallest absolute Gasteiger partial charge is 0.311 e. The van der Waals surface area contributed by atoms with Crippen molar-refractivity contribution in [2.24, 2.45) is 0 Å². The first kappa shape index (κ1) is 13.8. The van der Waals surface area contributed by atoms with E-state index in [9.17, 15) is 20.0 Å². The number of nitrogens with zero attached hydrogens (tertiary/aromatic N) is 1. The molecule has 20 heavy (non-hydrogen) atoms. The second kappa shape index (κ2) is 5.58. The van der Waals surface area contributed by atoms with Crippen molar-refractivity contribution in [3.05, 3.63) is 63.2 Å². The molecule has 0 heterocycles. The SMILES string of the molecule is O=C(Nc1ccccc1)c1c(Cl)ccc([N+](=O)[O-])c1O. The molecule has 0 aliphatic rings. The van der Waals surface area contributed by atoms with Gasteiger partial charge in [0.15, 0.2) is 0 Å². The molecule has 2 aromatic rings. The van der Waals surface area contributed by atoms with Crippen LogP contribution in [0.3, 0.4) is 0 Å². The van der Waals surface area contributed by atoms with E-state index in [0.29, 0.717) is 5.69 Å². The molecule has 0 saturated heterocycles. The molecule has 2 N–H and O–H groups in total. The molecule has 0 radical (unpaired) electrons. The molecule has 1 amide bonds. The Bertz CT molecular complexity index is 674. The van der Waals surface area contributed by atoms with Gasteiger partial charge in [0.2, 0.25) is 5.75 Å². The van der Waals surface area contributed by atoms with Crippen LogP contribution in [0.15, 0.2) is 42.5 Å². The highest BCUT2D eigenvalue weighted by atomic mass is 35.5. The maximum Gasteiger partial charge on any atom is 0.311 e. The second-order valence-corrected chi connectivity index (χ2v) is 4.27. The van der Waals surface area contributed by atoms with Crippen LogP contribution in [0, 0.1) is 10.1 Å². The zero-order chi connectivity index (χ0) is 14.7. The Hall–Kier alpha value is -2.60. The summed E-state index contributed by atoms with van der Waals surface area (Å²) in [6, 6.07) is 10.7. The number of phenolic OH excluding ortho intramolecular Hbond substituents is 1. The lowest BCUT2D eigenvalue weighted by Crippen LogP contribution is -2.13. The first-order valence-electron chi connectivity index (χ1n) is 5.53. The summed E-state index contributed by atoms with van der Waals surface area (Å²) >= 11 is 5.82. The van der Waals surface area contributed by atoms with Gasteiger partial charge in [-0.15, -0.1) is 0 Å². The fraction of sp³-hybridized carbons (Fsp3) is 0. The fourth-order valence-corrected chi connectivity index (χ4v) is 1.87. The van der Waals surface area contributed by atoms with Gasteiger partial charge < -0.3 is 10.4 Å². The third kappa shape index (κ3) is 2.70. The number of rotatable bonds is 3. The van der Waals surface area contributed by atoms with E-state index >= 15 is 0 Å². The molecule has 2 rings (SSSR count). The minimum atomic E-state index is -0.787. The normalized spacial score (nSPS) is 10.1. The van der Waals surface area contributed by atoms with Crippen molar-refractivity contribution < 1.29 is 14.8 Å². The number of benzene rings is 2. The van der Waals surface area contributed by atoms with E-state index in [1.54, 1.807) is 30.3 Å². The number of amides is 1. The maximum absolute atomic E-state index is 12.1. The molecular formula is C13H9ClN2O4. The second-order valence-electron chi connectivity index (χ2n) is 3.87. The zero-order valence-electron chi connectivity index (χ0n) is 10.0. The van der Waals surface area contributed by atoms with Gasteiger partial charge in [-0.25, -0.2) is 0 Å². The average molecular weight is 293 g/mol. The largest absolute Gasteiger partial charge is 0.501 e. The van der Waals surface area contributed by atoms with Crippen molar-refractivity contribution in [2.45, 2.75) is 0 Å². The summed E-state index contributed by atoms with van der Waals surface area (Å²) in [5.41, 5.74) is -0.420. The van der Waals surface area contributed by atoms with E-state index in [1.807, 2.05) is 0 Å². The Morgan fingerprint density at radius 1 is 1.20 bits per heavy atom. The molecule has 0 saturated carbocycles. The number of nitro groups is 1. The predicted octanol–water partition coefficient (Wildman–Crippen LogP) is 3.21. The monoisotopic (exact) mass is 292 g/mol. The third-order valence-electron chi connectivity index (χ3n) is 2.56. The van der Waals surface area contributed by atoms with Crippen LogP contribution >= 0.6 is 11.6 Å². The van der Waals surface area contributed by atoms with Gasteiger partial charge in [0.05, 0.1) is 9.95 Å². The van der Waals surface area contributed by atoms with E-state index in [2.05, 4.69) is 5.32 Å². The van der Waals surface area contributed by atoms with Crippen molar-refractivity contribution in [1.29, 1.82) is 0 Å². The van der Waals surface area contributed by atoms with Gasteiger partial charge in [-0.05, 0) is 18.2 Å². The topological polar surface area (TPSA) is 92.5 Å². The quantitative estimate of drug-likeness (QED) is 0.671. The Kier molecular flexibility index (Phi) is 3.86. The predicted molar refractivity (Wildman–Crippen MR) is 74.2 cm³/mol. The molecule has 0 bridgehead atoms. The van der Waals surface area contributed by atoms with Crippen LogP contribution in [0.5, 0.6) is 5.75 Å². The van der Waals surface area contributed by atoms with Crippen LogP contribution in [-0.2, 0) is 0 Å². The van der Waals surface area contributed by atoms with E-state index < -0.39 is 22.3 Å². The van der Waals surface area contributed by atoms with Crippen LogP contribution < -0.4 is 5.32 Å².